The number of benzene rings is 1. The summed E-state index contributed by atoms with van der Waals surface area (Å²) in [4.78, 5) is 9.97. The monoisotopic (exact) mass is 204 g/mol. The van der Waals surface area contributed by atoms with Gasteiger partial charge in [0.25, 0.3) is 0 Å². The van der Waals surface area contributed by atoms with Crippen molar-refractivity contribution in [2.24, 2.45) is 7.05 Å². The molecular weight excluding hydrogens is 192 g/mol. The molecule has 0 aliphatic carbocycles. The molecule has 0 saturated heterocycles. The molecule has 15 heavy (non-hydrogen) atoms. The SMILES string of the molecule is Cn1ccc2ccc(CC[N+](=O)[O-])cc21. The van der Waals surface area contributed by atoms with E-state index in [-0.39, 0.29) is 11.5 Å². The van der Waals surface area contributed by atoms with Gasteiger partial charge in [-0.1, -0.05) is 12.1 Å². The minimum absolute atomic E-state index is 0.00404. The van der Waals surface area contributed by atoms with Gasteiger partial charge < -0.3 is 4.57 Å². The molecule has 0 fully saturated rings. The average Bonchev–Trinajstić information content (AvgIpc) is 2.57. The Hall–Kier alpha value is -1.84. The summed E-state index contributed by atoms with van der Waals surface area (Å²) in [6.07, 6.45) is 2.48. The van der Waals surface area contributed by atoms with Crippen molar-refractivity contribution in [2.75, 3.05) is 6.54 Å². The lowest BCUT2D eigenvalue weighted by atomic mass is 10.1. The molecule has 4 nitrogen and oxygen atoms in total. The Labute approximate surface area is 87.3 Å². The van der Waals surface area contributed by atoms with Crippen molar-refractivity contribution in [2.45, 2.75) is 6.42 Å². The first-order chi connectivity index (χ1) is 7.16. The van der Waals surface area contributed by atoms with Crippen LogP contribution in [0.1, 0.15) is 5.56 Å². The maximum Gasteiger partial charge on any atom is 0.207 e. The Bertz CT molecular complexity index is 502. The molecule has 1 aromatic heterocycles. The van der Waals surface area contributed by atoms with Gasteiger partial charge in [-0.05, 0) is 23.1 Å². The molecule has 2 rings (SSSR count). The second kappa shape index (κ2) is 3.73. The van der Waals surface area contributed by atoms with Gasteiger partial charge in [-0.2, -0.15) is 0 Å². The summed E-state index contributed by atoms with van der Waals surface area (Å²) in [6.45, 7) is -0.00404. The van der Waals surface area contributed by atoms with Gasteiger partial charge in [-0.25, -0.2) is 0 Å². The zero-order valence-electron chi connectivity index (χ0n) is 8.51. The van der Waals surface area contributed by atoms with Crippen LogP contribution in [0.15, 0.2) is 30.5 Å². The fourth-order valence-corrected chi connectivity index (χ4v) is 1.68. The van der Waals surface area contributed by atoms with Gasteiger partial charge in [0, 0.05) is 30.1 Å². The standard InChI is InChI=1S/C11H12N2O2/c1-12-6-5-10-3-2-9(8-11(10)12)4-7-13(14)15/h2-3,5-6,8H,4,7H2,1H3. The molecule has 2 aromatic rings. The van der Waals surface area contributed by atoms with Crippen molar-refractivity contribution in [3.63, 3.8) is 0 Å². The van der Waals surface area contributed by atoms with Crippen molar-refractivity contribution >= 4 is 10.9 Å². The van der Waals surface area contributed by atoms with Gasteiger partial charge in [0.05, 0.1) is 0 Å². The second-order valence-corrected chi connectivity index (χ2v) is 3.63. The van der Waals surface area contributed by atoms with Crippen LogP contribution in [-0.4, -0.2) is 16.0 Å². The van der Waals surface area contributed by atoms with Crippen molar-refractivity contribution in [1.82, 2.24) is 4.57 Å². The lowest BCUT2D eigenvalue weighted by molar-refractivity contribution is -0.479. The minimum Gasteiger partial charge on any atom is -0.351 e. The fourth-order valence-electron chi connectivity index (χ4n) is 1.68. The van der Waals surface area contributed by atoms with E-state index in [2.05, 4.69) is 0 Å². The molecule has 0 saturated carbocycles. The van der Waals surface area contributed by atoms with E-state index in [4.69, 9.17) is 0 Å². The van der Waals surface area contributed by atoms with E-state index < -0.39 is 0 Å². The number of aromatic nitrogens is 1. The maximum absolute atomic E-state index is 10.3. The summed E-state index contributed by atoms with van der Waals surface area (Å²) in [5, 5.41) is 11.4. The summed E-state index contributed by atoms with van der Waals surface area (Å²) in [5.74, 6) is 0. The molecule has 1 heterocycles. The highest BCUT2D eigenvalue weighted by Gasteiger charge is 2.02. The molecule has 0 aliphatic rings. The average molecular weight is 204 g/mol. The highest BCUT2D eigenvalue weighted by molar-refractivity contribution is 5.80. The van der Waals surface area contributed by atoms with Crippen LogP contribution in [0.3, 0.4) is 0 Å². The van der Waals surface area contributed by atoms with Gasteiger partial charge in [-0.3, -0.25) is 10.1 Å². The van der Waals surface area contributed by atoms with Gasteiger partial charge in [0.1, 0.15) is 0 Å². The molecule has 0 unspecified atom stereocenters. The van der Waals surface area contributed by atoms with Crippen LogP contribution in [0.2, 0.25) is 0 Å². The molecule has 0 N–H and O–H groups in total. The first-order valence-corrected chi connectivity index (χ1v) is 4.82. The minimum atomic E-state index is -0.283. The third-order valence-electron chi connectivity index (χ3n) is 2.54. The molecular formula is C11H12N2O2. The summed E-state index contributed by atoms with van der Waals surface area (Å²) < 4.78 is 2.02. The normalized spacial score (nSPS) is 10.7. The third-order valence-corrected chi connectivity index (χ3v) is 2.54. The predicted molar refractivity (Wildman–Crippen MR) is 58.5 cm³/mol. The van der Waals surface area contributed by atoms with Gasteiger partial charge in [0.15, 0.2) is 0 Å². The highest BCUT2D eigenvalue weighted by atomic mass is 16.6. The number of rotatable bonds is 3. The van der Waals surface area contributed by atoms with Crippen LogP contribution in [-0.2, 0) is 13.5 Å². The topological polar surface area (TPSA) is 48.1 Å². The number of fused-ring (bicyclic) bond motifs is 1. The Morgan fingerprint density at radius 2 is 2.20 bits per heavy atom. The molecule has 0 bridgehead atoms. The van der Waals surface area contributed by atoms with E-state index in [9.17, 15) is 10.1 Å². The first kappa shape index (κ1) is 9.71. The summed E-state index contributed by atoms with van der Waals surface area (Å²) in [7, 11) is 1.97. The molecule has 4 heteroatoms. The predicted octanol–water partition coefficient (Wildman–Crippen LogP) is 2.00. The summed E-state index contributed by atoms with van der Waals surface area (Å²) in [6, 6.07) is 8.00. The smallest absolute Gasteiger partial charge is 0.207 e. The molecule has 0 atom stereocenters. The maximum atomic E-state index is 10.3. The second-order valence-electron chi connectivity index (χ2n) is 3.63. The van der Waals surface area contributed by atoms with Crippen LogP contribution in [0.25, 0.3) is 10.9 Å². The zero-order chi connectivity index (χ0) is 10.8. The number of nitrogens with zero attached hydrogens (tertiary/aromatic N) is 2. The summed E-state index contributed by atoms with van der Waals surface area (Å²) >= 11 is 0. The number of hydrogen-bond donors (Lipinski definition) is 0. The Morgan fingerprint density at radius 1 is 1.40 bits per heavy atom. The fraction of sp³-hybridized carbons (Fsp3) is 0.273. The van der Waals surface area contributed by atoms with E-state index in [0.717, 1.165) is 11.1 Å². The first-order valence-electron chi connectivity index (χ1n) is 4.82. The molecule has 1 aromatic carbocycles. The van der Waals surface area contributed by atoms with E-state index in [1.54, 1.807) is 0 Å². The van der Waals surface area contributed by atoms with E-state index in [1.165, 1.54) is 5.39 Å². The third kappa shape index (κ3) is 1.98. The van der Waals surface area contributed by atoms with Crippen molar-refractivity contribution in [3.8, 4) is 0 Å². The van der Waals surface area contributed by atoms with Crippen LogP contribution >= 0.6 is 0 Å². The highest BCUT2D eigenvalue weighted by Crippen LogP contribution is 2.16. The summed E-state index contributed by atoms with van der Waals surface area (Å²) in [5.41, 5.74) is 2.14. The molecule has 0 amide bonds. The van der Waals surface area contributed by atoms with Crippen LogP contribution in [0.4, 0.5) is 0 Å². The Balaban J connectivity index is 2.29. The molecule has 0 spiro atoms. The van der Waals surface area contributed by atoms with Crippen LogP contribution in [0.5, 0.6) is 0 Å². The van der Waals surface area contributed by atoms with Crippen molar-refractivity contribution < 1.29 is 4.92 Å². The lowest BCUT2D eigenvalue weighted by Crippen LogP contribution is -2.03. The van der Waals surface area contributed by atoms with Crippen LogP contribution in [0, 0.1) is 10.1 Å². The number of nitro groups is 1. The van der Waals surface area contributed by atoms with Crippen LogP contribution < -0.4 is 0 Å². The zero-order valence-corrected chi connectivity index (χ0v) is 8.51. The van der Waals surface area contributed by atoms with Gasteiger partial charge in [-0.15, -0.1) is 0 Å². The Morgan fingerprint density at radius 3 is 2.93 bits per heavy atom. The van der Waals surface area contributed by atoms with Crippen molar-refractivity contribution in [1.29, 1.82) is 0 Å². The Kier molecular flexibility index (Phi) is 2.41. The molecule has 78 valence electrons. The lowest BCUT2D eigenvalue weighted by Gasteiger charge is -2.00. The van der Waals surface area contributed by atoms with E-state index >= 15 is 0 Å². The van der Waals surface area contributed by atoms with Crippen molar-refractivity contribution in [3.05, 3.63) is 46.1 Å². The number of aryl methyl sites for hydroxylation is 1. The van der Waals surface area contributed by atoms with Gasteiger partial charge >= 0.3 is 0 Å². The molecule has 0 radical (unpaired) electrons. The van der Waals surface area contributed by atoms with Gasteiger partial charge in [0.2, 0.25) is 6.54 Å². The number of hydrogen-bond acceptors (Lipinski definition) is 2. The quantitative estimate of drug-likeness (QED) is 0.567. The molecule has 0 aliphatic heterocycles. The largest absolute Gasteiger partial charge is 0.351 e. The van der Waals surface area contributed by atoms with E-state index in [0.29, 0.717) is 6.42 Å². The van der Waals surface area contributed by atoms with E-state index in [1.807, 2.05) is 42.1 Å².